The highest BCUT2D eigenvalue weighted by Gasteiger charge is 1.93. The molecule has 0 aliphatic heterocycles. The van der Waals surface area contributed by atoms with E-state index in [9.17, 15) is 13.6 Å². The van der Waals surface area contributed by atoms with Gasteiger partial charge in [-0.15, -0.1) is 9.46 Å². The van der Waals surface area contributed by atoms with Crippen molar-refractivity contribution in [3.05, 3.63) is 0 Å². The van der Waals surface area contributed by atoms with Crippen molar-refractivity contribution in [3.63, 3.8) is 0 Å². The molecule has 0 aromatic heterocycles. The lowest BCUT2D eigenvalue weighted by Gasteiger charge is -1.77. The van der Waals surface area contributed by atoms with Crippen LogP contribution >= 0.6 is 8.25 Å². The second kappa shape index (κ2) is 6.78. The SMILES string of the molecule is O=[PH](OF)OF.[MgH2]. The Labute approximate surface area is 54.9 Å². The van der Waals surface area contributed by atoms with Gasteiger partial charge in [0.1, 0.15) is 0 Å². The van der Waals surface area contributed by atoms with Gasteiger partial charge in [-0.1, -0.05) is 0 Å². The summed E-state index contributed by atoms with van der Waals surface area (Å²) in [6.07, 6.45) is 0. The van der Waals surface area contributed by atoms with E-state index >= 15 is 0 Å². The average molecular weight is 144 g/mol. The molecule has 0 aromatic rings. The summed E-state index contributed by atoms with van der Waals surface area (Å²) in [6, 6.07) is 0. The molecule has 0 N–H and O–H groups in total. The van der Waals surface area contributed by atoms with Gasteiger partial charge in [-0.25, -0.2) is 0 Å². The minimum atomic E-state index is -3.45. The molecular weight excluding hydrogens is 141 g/mol. The smallest absolute Gasteiger partial charge is 0.258 e. The van der Waals surface area contributed by atoms with Gasteiger partial charge in [0.05, 0.1) is 0 Å². The normalized spacial score (nSPS) is 8.43. The quantitative estimate of drug-likeness (QED) is 0.412. The van der Waals surface area contributed by atoms with Crippen LogP contribution in [0.1, 0.15) is 0 Å². The predicted molar refractivity (Wildman–Crippen MR) is 21.9 cm³/mol. The van der Waals surface area contributed by atoms with Crippen molar-refractivity contribution < 1.29 is 23.1 Å². The van der Waals surface area contributed by atoms with E-state index in [4.69, 9.17) is 0 Å². The lowest BCUT2D eigenvalue weighted by Crippen LogP contribution is -1.55. The van der Waals surface area contributed by atoms with E-state index in [-0.39, 0.29) is 23.1 Å². The first-order chi connectivity index (χ1) is 2.81. The van der Waals surface area contributed by atoms with Gasteiger partial charge in [-0.05, 0) is 9.05 Å². The van der Waals surface area contributed by atoms with Gasteiger partial charge in [0.15, 0.2) is 0 Å². The molecule has 0 unspecified atom stereocenters. The van der Waals surface area contributed by atoms with Crippen LogP contribution in [-0.4, -0.2) is 23.1 Å². The fourth-order valence-corrected chi connectivity index (χ4v) is 0.0357. The molecule has 0 amide bonds. The van der Waals surface area contributed by atoms with E-state index in [0.717, 1.165) is 0 Å². The van der Waals surface area contributed by atoms with Crippen LogP contribution in [0.5, 0.6) is 0 Å². The Morgan fingerprint density at radius 1 is 1.29 bits per heavy atom. The van der Waals surface area contributed by atoms with E-state index in [0.29, 0.717) is 0 Å². The second-order valence-corrected chi connectivity index (χ2v) is 1.21. The van der Waals surface area contributed by atoms with Crippen LogP contribution in [0.15, 0.2) is 0 Å². The molecule has 0 spiro atoms. The van der Waals surface area contributed by atoms with Crippen molar-refractivity contribution in [3.8, 4) is 0 Å². The lowest BCUT2D eigenvalue weighted by molar-refractivity contribution is -0.0751. The van der Waals surface area contributed by atoms with Gasteiger partial charge in [-0.2, -0.15) is 0 Å². The van der Waals surface area contributed by atoms with Gasteiger partial charge >= 0.3 is 31.3 Å². The summed E-state index contributed by atoms with van der Waals surface area (Å²) in [6.45, 7) is 0. The van der Waals surface area contributed by atoms with Gasteiger partial charge in [0.25, 0.3) is 0 Å². The zero-order valence-corrected chi connectivity index (χ0v) is 3.48. The molecule has 0 bridgehead atoms. The highest BCUT2D eigenvalue weighted by Crippen LogP contribution is 2.23. The Bertz CT molecular complexity index is 50.9. The van der Waals surface area contributed by atoms with Crippen molar-refractivity contribution in [2.45, 2.75) is 0 Å². The molecule has 0 radical (unpaired) electrons. The first-order valence-corrected chi connectivity index (χ1v) is 2.15. The summed E-state index contributed by atoms with van der Waals surface area (Å²) in [4.78, 5) is 0. The maximum atomic E-state index is 10.3. The molecule has 42 valence electrons. The van der Waals surface area contributed by atoms with Crippen molar-refractivity contribution in [2.24, 2.45) is 0 Å². The van der Waals surface area contributed by atoms with Crippen LogP contribution in [0.25, 0.3) is 0 Å². The van der Waals surface area contributed by atoms with Crippen LogP contribution in [-0.2, 0) is 14.0 Å². The molecule has 0 heterocycles. The average Bonchev–Trinajstić information content (AvgIpc) is 1.65. The molecule has 0 aromatic carbocycles. The minimum absolute atomic E-state index is 0. The second-order valence-electron chi connectivity index (χ2n) is 0.404. The molecule has 0 aliphatic rings. The first-order valence-electron chi connectivity index (χ1n) is 0.921. The summed E-state index contributed by atoms with van der Waals surface area (Å²) in [5.74, 6) is 0. The summed E-state index contributed by atoms with van der Waals surface area (Å²) in [5.41, 5.74) is 0. The number of hydrogen-bond acceptors (Lipinski definition) is 3. The first kappa shape index (κ1) is 10.7. The molecule has 7 heavy (non-hydrogen) atoms. The molecule has 3 nitrogen and oxygen atoms in total. The van der Waals surface area contributed by atoms with Crippen molar-refractivity contribution in [1.29, 1.82) is 0 Å². The zero-order chi connectivity index (χ0) is 4.99. The van der Waals surface area contributed by atoms with E-state index in [1.165, 1.54) is 0 Å². The van der Waals surface area contributed by atoms with E-state index in [1.807, 2.05) is 0 Å². The zero-order valence-electron chi connectivity index (χ0n) is 2.48. The Morgan fingerprint density at radius 3 is 1.57 bits per heavy atom. The molecule has 0 saturated heterocycles. The largest absolute Gasteiger partial charge is 0.384 e. The highest BCUT2D eigenvalue weighted by molar-refractivity contribution is 7.32. The molecule has 0 fully saturated rings. The third kappa shape index (κ3) is 6.78. The minimum Gasteiger partial charge on any atom is -0.258 e. The fourth-order valence-electron chi connectivity index (χ4n) is 0.0119. The van der Waals surface area contributed by atoms with Crippen LogP contribution in [0.3, 0.4) is 0 Å². The lowest BCUT2D eigenvalue weighted by atomic mass is 15.6. The van der Waals surface area contributed by atoms with E-state index < -0.39 is 8.25 Å². The summed E-state index contributed by atoms with van der Waals surface area (Å²) in [5, 5.41) is 0. The summed E-state index contributed by atoms with van der Waals surface area (Å²) >= 11 is 0. The molecular formula is H3F2MgO3P. The van der Waals surface area contributed by atoms with Gasteiger partial charge < -0.3 is 0 Å². The van der Waals surface area contributed by atoms with Crippen molar-refractivity contribution in [2.75, 3.05) is 0 Å². The van der Waals surface area contributed by atoms with Crippen LogP contribution in [0.2, 0.25) is 0 Å². The third-order valence-corrected chi connectivity index (χ3v) is 0.378. The molecule has 7 heteroatoms. The van der Waals surface area contributed by atoms with Crippen LogP contribution in [0.4, 0.5) is 9.05 Å². The predicted octanol–water partition coefficient (Wildman–Crippen LogP) is 0.262. The molecule has 0 atom stereocenters. The van der Waals surface area contributed by atoms with Crippen LogP contribution < -0.4 is 0 Å². The Balaban J connectivity index is 0. The highest BCUT2D eigenvalue weighted by atomic mass is 31.1. The maximum absolute atomic E-state index is 10.3. The Hall–Kier alpha value is 0.776. The standard InChI is InChI=1S/F2HO3P.Mg.2H/c1-4-6(3)5-2;;;/h6H;;;. The van der Waals surface area contributed by atoms with E-state index in [2.05, 4.69) is 9.46 Å². The number of hydrogen-bond donors (Lipinski definition) is 0. The molecule has 0 rings (SSSR count). The fraction of sp³-hybridized carbons (Fsp3) is 0. The molecule has 0 saturated carbocycles. The number of halogens is 2. The Morgan fingerprint density at radius 2 is 1.57 bits per heavy atom. The van der Waals surface area contributed by atoms with Gasteiger partial charge in [0, 0.05) is 0 Å². The van der Waals surface area contributed by atoms with Crippen LogP contribution in [0, 0.1) is 0 Å². The van der Waals surface area contributed by atoms with Crippen molar-refractivity contribution >= 4 is 31.3 Å². The third-order valence-electron chi connectivity index (χ3n) is 0.126. The summed E-state index contributed by atoms with van der Waals surface area (Å²) < 4.78 is 34.4. The topological polar surface area (TPSA) is 35.5 Å². The van der Waals surface area contributed by atoms with Gasteiger partial charge in [0.2, 0.25) is 0 Å². The maximum Gasteiger partial charge on any atom is 0.384 e. The van der Waals surface area contributed by atoms with Crippen molar-refractivity contribution in [1.82, 2.24) is 0 Å². The van der Waals surface area contributed by atoms with E-state index in [1.54, 1.807) is 0 Å². The summed E-state index contributed by atoms with van der Waals surface area (Å²) in [7, 11) is -3.45. The monoisotopic (exact) mass is 144 g/mol. The number of rotatable bonds is 2. The Kier molecular flexibility index (Phi) is 10.4. The van der Waals surface area contributed by atoms with Gasteiger partial charge in [-0.3, -0.25) is 4.57 Å². The molecule has 0 aliphatic carbocycles.